The van der Waals surface area contributed by atoms with Crippen molar-refractivity contribution in [1.29, 1.82) is 0 Å². The average molecular weight is 327 g/mol. The van der Waals surface area contributed by atoms with Crippen LogP contribution in [0.2, 0.25) is 0 Å². The van der Waals surface area contributed by atoms with Gasteiger partial charge in [-0.15, -0.1) is 11.3 Å². The predicted octanol–water partition coefficient (Wildman–Crippen LogP) is 3.94. The maximum Gasteiger partial charge on any atom is 0.309 e. The molecule has 23 heavy (non-hydrogen) atoms. The molecule has 0 saturated carbocycles. The van der Waals surface area contributed by atoms with Gasteiger partial charge in [0.2, 0.25) is 0 Å². The standard InChI is InChI=1S/C18H17NO3S/c20-18(21)11-14-12-23-17(19-14)9-4-10-22-16-8-3-6-13-5-1-2-7-15(13)16/h1-3,5-8,12H,4,9-11H2,(H,20,21). The fourth-order valence-corrected chi connectivity index (χ4v) is 3.27. The van der Waals surface area contributed by atoms with E-state index in [2.05, 4.69) is 23.2 Å². The number of nitrogens with zero attached hydrogens (tertiary/aromatic N) is 1. The molecule has 0 aliphatic heterocycles. The normalized spacial score (nSPS) is 10.8. The van der Waals surface area contributed by atoms with Crippen LogP contribution in [0.4, 0.5) is 0 Å². The molecule has 0 spiro atoms. The molecule has 3 rings (SSSR count). The number of ether oxygens (including phenoxy) is 1. The van der Waals surface area contributed by atoms with Gasteiger partial charge in [-0.3, -0.25) is 4.79 Å². The maximum atomic E-state index is 10.6. The molecule has 118 valence electrons. The van der Waals surface area contributed by atoms with Crippen LogP contribution in [0.25, 0.3) is 10.8 Å². The number of rotatable bonds is 7. The molecule has 0 radical (unpaired) electrons. The number of benzene rings is 2. The highest BCUT2D eigenvalue weighted by Crippen LogP contribution is 2.25. The quantitative estimate of drug-likeness (QED) is 0.668. The fraction of sp³-hybridized carbons (Fsp3) is 0.222. The number of hydrogen-bond donors (Lipinski definition) is 1. The molecule has 4 nitrogen and oxygen atoms in total. The van der Waals surface area contributed by atoms with E-state index in [1.165, 1.54) is 16.7 Å². The van der Waals surface area contributed by atoms with Crippen molar-refractivity contribution in [2.75, 3.05) is 6.61 Å². The molecule has 0 bridgehead atoms. The molecule has 0 fully saturated rings. The van der Waals surface area contributed by atoms with Crippen LogP contribution in [0.5, 0.6) is 5.75 Å². The highest BCUT2D eigenvalue weighted by atomic mass is 32.1. The van der Waals surface area contributed by atoms with Crippen LogP contribution in [0, 0.1) is 0 Å². The molecule has 2 aromatic carbocycles. The first kappa shape index (κ1) is 15.5. The fourth-order valence-electron chi connectivity index (χ4n) is 2.43. The molecule has 0 amide bonds. The van der Waals surface area contributed by atoms with Crippen molar-refractivity contribution in [3.63, 3.8) is 0 Å². The summed E-state index contributed by atoms with van der Waals surface area (Å²) >= 11 is 1.51. The Morgan fingerprint density at radius 1 is 1.17 bits per heavy atom. The SMILES string of the molecule is O=C(O)Cc1csc(CCCOc2cccc3ccccc23)n1. The minimum atomic E-state index is -0.846. The number of aryl methyl sites for hydroxylation is 1. The van der Waals surface area contributed by atoms with Crippen molar-refractivity contribution in [3.05, 3.63) is 58.5 Å². The van der Waals surface area contributed by atoms with Crippen LogP contribution in [-0.4, -0.2) is 22.7 Å². The van der Waals surface area contributed by atoms with Crippen LogP contribution in [0.1, 0.15) is 17.1 Å². The van der Waals surface area contributed by atoms with Crippen LogP contribution < -0.4 is 4.74 Å². The summed E-state index contributed by atoms with van der Waals surface area (Å²) in [5, 5.41) is 13.8. The smallest absolute Gasteiger partial charge is 0.309 e. The van der Waals surface area contributed by atoms with Gasteiger partial charge < -0.3 is 9.84 Å². The number of thiazole rings is 1. The Balaban J connectivity index is 1.53. The van der Waals surface area contributed by atoms with Crippen LogP contribution in [0.3, 0.4) is 0 Å². The number of carboxylic acids is 1. The van der Waals surface area contributed by atoms with Crippen molar-refractivity contribution < 1.29 is 14.6 Å². The van der Waals surface area contributed by atoms with Gasteiger partial charge in [0.1, 0.15) is 5.75 Å². The third-order valence-electron chi connectivity index (χ3n) is 3.47. The monoisotopic (exact) mass is 327 g/mol. The summed E-state index contributed by atoms with van der Waals surface area (Å²) in [6.07, 6.45) is 1.64. The number of carbonyl (C=O) groups is 1. The lowest BCUT2D eigenvalue weighted by Crippen LogP contribution is -2.01. The molecule has 0 saturated heterocycles. The van der Waals surface area contributed by atoms with Gasteiger partial charge in [0.05, 0.1) is 23.7 Å². The van der Waals surface area contributed by atoms with E-state index in [9.17, 15) is 4.79 Å². The molecule has 0 aliphatic rings. The molecular weight excluding hydrogens is 310 g/mol. The molecule has 1 heterocycles. The van der Waals surface area contributed by atoms with Crippen molar-refractivity contribution in [2.24, 2.45) is 0 Å². The van der Waals surface area contributed by atoms with E-state index < -0.39 is 5.97 Å². The summed E-state index contributed by atoms with van der Waals surface area (Å²) in [6.45, 7) is 0.613. The lowest BCUT2D eigenvalue weighted by Gasteiger charge is -2.08. The van der Waals surface area contributed by atoms with E-state index in [4.69, 9.17) is 9.84 Å². The Labute approximate surface area is 138 Å². The van der Waals surface area contributed by atoms with Crippen molar-refractivity contribution in [1.82, 2.24) is 4.98 Å². The molecule has 1 aromatic heterocycles. The number of carboxylic acid groups (broad SMARTS) is 1. The number of hydrogen-bond acceptors (Lipinski definition) is 4. The van der Waals surface area contributed by atoms with Crippen molar-refractivity contribution >= 4 is 28.1 Å². The lowest BCUT2D eigenvalue weighted by molar-refractivity contribution is -0.136. The number of fused-ring (bicyclic) bond motifs is 1. The summed E-state index contributed by atoms with van der Waals surface area (Å²) < 4.78 is 5.90. The molecular formula is C18H17NO3S. The van der Waals surface area contributed by atoms with Gasteiger partial charge in [-0.1, -0.05) is 36.4 Å². The lowest BCUT2D eigenvalue weighted by atomic mass is 10.1. The Kier molecular flexibility index (Phi) is 4.88. The third kappa shape index (κ3) is 4.07. The Morgan fingerprint density at radius 2 is 2.00 bits per heavy atom. The highest BCUT2D eigenvalue weighted by molar-refractivity contribution is 7.09. The summed E-state index contributed by atoms with van der Waals surface area (Å²) in [5.74, 6) is 0.0509. The molecule has 5 heteroatoms. The molecule has 0 aliphatic carbocycles. The van der Waals surface area contributed by atoms with E-state index in [0.717, 1.165) is 29.0 Å². The maximum absolute atomic E-state index is 10.6. The summed E-state index contributed by atoms with van der Waals surface area (Å²) in [4.78, 5) is 15.0. The van der Waals surface area contributed by atoms with Crippen LogP contribution in [-0.2, 0) is 17.6 Å². The van der Waals surface area contributed by atoms with Gasteiger partial charge in [-0.05, 0) is 17.9 Å². The zero-order valence-electron chi connectivity index (χ0n) is 12.6. The molecule has 1 N–H and O–H groups in total. The first-order chi connectivity index (χ1) is 11.2. The second kappa shape index (κ2) is 7.24. The van der Waals surface area contributed by atoms with Gasteiger partial charge in [0.25, 0.3) is 0 Å². The number of aliphatic carboxylic acids is 1. The van der Waals surface area contributed by atoms with Crippen LogP contribution >= 0.6 is 11.3 Å². The van der Waals surface area contributed by atoms with Gasteiger partial charge in [0.15, 0.2) is 0 Å². The van der Waals surface area contributed by atoms with E-state index >= 15 is 0 Å². The third-order valence-corrected chi connectivity index (χ3v) is 4.43. The zero-order valence-corrected chi connectivity index (χ0v) is 13.4. The van der Waals surface area contributed by atoms with E-state index in [1.807, 2.05) is 29.6 Å². The second-order valence-electron chi connectivity index (χ2n) is 5.23. The second-order valence-corrected chi connectivity index (χ2v) is 6.18. The molecule has 3 aromatic rings. The van der Waals surface area contributed by atoms with E-state index in [0.29, 0.717) is 12.3 Å². The highest BCUT2D eigenvalue weighted by Gasteiger charge is 2.06. The van der Waals surface area contributed by atoms with Crippen molar-refractivity contribution in [2.45, 2.75) is 19.3 Å². The summed E-state index contributed by atoms with van der Waals surface area (Å²) in [7, 11) is 0. The minimum Gasteiger partial charge on any atom is -0.493 e. The zero-order chi connectivity index (χ0) is 16.1. The van der Waals surface area contributed by atoms with Gasteiger partial charge in [0, 0.05) is 17.2 Å². The van der Waals surface area contributed by atoms with E-state index in [-0.39, 0.29) is 6.42 Å². The first-order valence-corrected chi connectivity index (χ1v) is 8.36. The van der Waals surface area contributed by atoms with E-state index in [1.54, 1.807) is 0 Å². The predicted molar refractivity (Wildman–Crippen MR) is 91.2 cm³/mol. The Morgan fingerprint density at radius 3 is 2.87 bits per heavy atom. The molecule has 0 unspecified atom stereocenters. The first-order valence-electron chi connectivity index (χ1n) is 7.48. The Hall–Kier alpha value is -2.40. The van der Waals surface area contributed by atoms with Gasteiger partial charge >= 0.3 is 5.97 Å². The topological polar surface area (TPSA) is 59.4 Å². The summed E-state index contributed by atoms with van der Waals surface area (Å²) in [6, 6.07) is 14.2. The van der Waals surface area contributed by atoms with Crippen molar-refractivity contribution in [3.8, 4) is 5.75 Å². The molecule has 0 atom stereocenters. The van der Waals surface area contributed by atoms with Gasteiger partial charge in [-0.2, -0.15) is 0 Å². The Bertz CT molecular complexity index is 807. The summed E-state index contributed by atoms with van der Waals surface area (Å²) in [5.41, 5.74) is 0.632. The van der Waals surface area contributed by atoms with Gasteiger partial charge in [-0.25, -0.2) is 4.98 Å². The minimum absolute atomic E-state index is 0.0109. The average Bonchev–Trinajstić information content (AvgIpc) is 2.98. The largest absolute Gasteiger partial charge is 0.493 e. The van der Waals surface area contributed by atoms with Crippen LogP contribution in [0.15, 0.2) is 47.8 Å². The number of aromatic nitrogens is 1.